The van der Waals surface area contributed by atoms with Crippen molar-refractivity contribution >= 4 is 6.09 Å². The second kappa shape index (κ2) is 17.8. The van der Waals surface area contributed by atoms with Gasteiger partial charge in [-0.25, -0.2) is 4.79 Å². The predicted octanol–water partition coefficient (Wildman–Crippen LogP) is 6.25. The van der Waals surface area contributed by atoms with Crippen LogP contribution < -0.4 is 5.32 Å². The van der Waals surface area contributed by atoms with Crippen molar-refractivity contribution in [2.45, 2.75) is 115 Å². The number of ether oxygens (including phenoxy) is 2. The molecule has 1 amide bonds. The van der Waals surface area contributed by atoms with Crippen LogP contribution in [0.1, 0.15) is 110 Å². The zero-order chi connectivity index (χ0) is 21.0. The largest absolute Gasteiger partial charge is 0.414 e. The molecule has 0 bridgehead atoms. The number of aliphatic hydroxyl groups is 1. The molecule has 1 rings (SSSR count). The number of carbonyl (C=O) groups excluding carboxylic acids is 1. The van der Waals surface area contributed by atoms with Gasteiger partial charge in [-0.1, -0.05) is 76.9 Å². The van der Waals surface area contributed by atoms with Gasteiger partial charge in [0.05, 0.1) is 6.61 Å². The van der Waals surface area contributed by atoms with Gasteiger partial charge in [-0.05, 0) is 38.5 Å². The van der Waals surface area contributed by atoms with Crippen molar-refractivity contribution in [3.63, 3.8) is 0 Å². The molecule has 170 valence electrons. The number of allylic oxidation sites excluding steroid dienone is 2. The van der Waals surface area contributed by atoms with Gasteiger partial charge in [0, 0.05) is 13.0 Å². The first kappa shape index (κ1) is 26.0. The van der Waals surface area contributed by atoms with Crippen molar-refractivity contribution in [1.82, 2.24) is 5.32 Å². The SMILES string of the molecule is CCCCCCCCC=CCCCCCCCCNC(=O)OC1(CO)CCCO1. The number of hydrogen-bond donors (Lipinski definition) is 2. The molecule has 1 aliphatic rings. The van der Waals surface area contributed by atoms with Crippen LogP contribution >= 0.6 is 0 Å². The van der Waals surface area contributed by atoms with Gasteiger partial charge in [-0.15, -0.1) is 0 Å². The molecule has 1 fully saturated rings. The first-order chi connectivity index (χ1) is 14.2. The number of amides is 1. The zero-order valence-corrected chi connectivity index (χ0v) is 18.8. The lowest BCUT2D eigenvalue weighted by molar-refractivity contribution is -0.193. The van der Waals surface area contributed by atoms with E-state index in [2.05, 4.69) is 24.4 Å². The molecule has 2 N–H and O–H groups in total. The van der Waals surface area contributed by atoms with Gasteiger partial charge in [-0.2, -0.15) is 0 Å². The van der Waals surface area contributed by atoms with Crippen molar-refractivity contribution in [3.8, 4) is 0 Å². The molecule has 5 heteroatoms. The Balaban J connectivity index is 1.82. The summed E-state index contributed by atoms with van der Waals surface area (Å²) < 4.78 is 10.6. The maximum Gasteiger partial charge on any atom is 0.409 e. The monoisotopic (exact) mass is 411 g/mol. The van der Waals surface area contributed by atoms with Crippen molar-refractivity contribution in [2.24, 2.45) is 0 Å². The first-order valence-corrected chi connectivity index (χ1v) is 12.1. The van der Waals surface area contributed by atoms with E-state index < -0.39 is 11.9 Å². The summed E-state index contributed by atoms with van der Waals surface area (Å²) in [7, 11) is 0. The molecule has 0 aromatic heterocycles. The molecular formula is C24H45NO4. The second-order valence-electron chi connectivity index (χ2n) is 8.27. The summed E-state index contributed by atoms with van der Waals surface area (Å²) in [5.74, 6) is -1.12. The summed E-state index contributed by atoms with van der Waals surface area (Å²) in [6.45, 7) is 3.12. The predicted molar refractivity (Wildman–Crippen MR) is 119 cm³/mol. The number of alkyl carbamates (subject to hydrolysis) is 1. The highest BCUT2D eigenvalue weighted by Crippen LogP contribution is 2.26. The van der Waals surface area contributed by atoms with Gasteiger partial charge < -0.3 is 19.9 Å². The Labute approximate surface area is 178 Å². The Hall–Kier alpha value is -1.07. The number of aliphatic hydroxyl groups excluding tert-OH is 1. The Kier molecular flexibility index (Phi) is 15.9. The average Bonchev–Trinajstić information content (AvgIpc) is 3.19. The van der Waals surface area contributed by atoms with Gasteiger partial charge in [0.15, 0.2) is 0 Å². The number of unbranched alkanes of at least 4 members (excludes halogenated alkanes) is 12. The fourth-order valence-electron chi connectivity index (χ4n) is 3.68. The maximum atomic E-state index is 11.8. The number of carbonyl (C=O) groups is 1. The molecule has 0 aliphatic carbocycles. The van der Waals surface area contributed by atoms with E-state index in [1.807, 2.05) is 0 Å². The third kappa shape index (κ3) is 13.7. The van der Waals surface area contributed by atoms with E-state index in [4.69, 9.17) is 9.47 Å². The highest BCUT2D eigenvalue weighted by molar-refractivity contribution is 5.67. The van der Waals surface area contributed by atoms with Crippen LogP contribution in [0.2, 0.25) is 0 Å². The summed E-state index contributed by atoms with van der Waals surface area (Å²) in [5, 5.41) is 12.1. The summed E-state index contributed by atoms with van der Waals surface area (Å²) in [6.07, 6.45) is 23.4. The van der Waals surface area contributed by atoms with Gasteiger partial charge in [0.1, 0.15) is 6.61 Å². The van der Waals surface area contributed by atoms with Crippen LogP contribution in [0.5, 0.6) is 0 Å². The number of nitrogens with one attached hydrogen (secondary N) is 1. The fourth-order valence-corrected chi connectivity index (χ4v) is 3.68. The van der Waals surface area contributed by atoms with E-state index in [0.29, 0.717) is 19.6 Å². The Bertz CT molecular complexity index is 419. The molecule has 0 radical (unpaired) electrons. The first-order valence-electron chi connectivity index (χ1n) is 12.1. The van der Waals surface area contributed by atoms with Crippen LogP contribution in [-0.2, 0) is 9.47 Å². The van der Waals surface area contributed by atoms with Crippen molar-refractivity contribution in [2.75, 3.05) is 19.8 Å². The fraction of sp³-hybridized carbons (Fsp3) is 0.875. The summed E-state index contributed by atoms with van der Waals surface area (Å²) in [5.41, 5.74) is 0. The maximum absolute atomic E-state index is 11.8. The van der Waals surface area contributed by atoms with Crippen LogP contribution in [0.4, 0.5) is 4.79 Å². The molecule has 1 unspecified atom stereocenters. The van der Waals surface area contributed by atoms with E-state index in [9.17, 15) is 9.90 Å². The minimum atomic E-state index is -1.12. The molecule has 0 aromatic carbocycles. The molecule has 1 atom stereocenters. The lowest BCUT2D eigenvalue weighted by Crippen LogP contribution is -2.41. The Morgan fingerprint density at radius 3 is 2.10 bits per heavy atom. The van der Waals surface area contributed by atoms with Crippen LogP contribution in [0.3, 0.4) is 0 Å². The average molecular weight is 412 g/mol. The molecule has 1 aliphatic heterocycles. The molecule has 0 spiro atoms. The van der Waals surface area contributed by atoms with E-state index in [-0.39, 0.29) is 6.61 Å². The van der Waals surface area contributed by atoms with Gasteiger partial charge >= 0.3 is 6.09 Å². The lowest BCUT2D eigenvalue weighted by Gasteiger charge is -2.25. The van der Waals surface area contributed by atoms with E-state index in [1.54, 1.807) is 0 Å². The molecule has 0 saturated carbocycles. The van der Waals surface area contributed by atoms with Crippen LogP contribution in [0.15, 0.2) is 12.2 Å². The second-order valence-corrected chi connectivity index (χ2v) is 8.27. The topological polar surface area (TPSA) is 67.8 Å². The minimum absolute atomic E-state index is 0.283. The third-order valence-electron chi connectivity index (χ3n) is 5.54. The van der Waals surface area contributed by atoms with E-state index in [1.165, 1.54) is 77.0 Å². The summed E-state index contributed by atoms with van der Waals surface area (Å²) in [6, 6.07) is 0. The summed E-state index contributed by atoms with van der Waals surface area (Å²) in [4.78, 5) is 11.8. The molecular weight excluding hydrogens is 366 g/mol. The van der Waals surface area contributed by atoms with Crippen LogP contribution in [0, 0.1) is 0 Å². The number of rotatable bonds is 18. The quantitative estimate of drug-likeness (QED) is 0.207. The zero-order valence-electron chi connectivity index (χ0n) is 18.8. The van der Waals surface area contributed by atoms with Crippen LogP contribution in [0.25, 0.3) is 0 Å². The Morgan fingerprint density at radius 1 is 0.966 bits per heavy atom. The smallest absolute Gasteiger partial charge is 0.409 e. The molecule has 5 nitrogen and oxygen atoms in total. The van der Waals surface area contributed by atoms with Gasteiger partial charge in [0.25, 0.3) is 0 Å². The third-order valence-corrected chi connectivity index (χ3v) is 5.54. The number of hydrogen-bond acceptors (Lipinski definition) is 4. The summed E-state index contributed by atoms with van der Waals surface area (Å²) >= 11 is 0. The van der Waals surface area contributed by atoms with Crippen molar-refractivity contribution < 1.29 is 19.4 Å². The normalized spacial score (nSPS) is 19.1. The van der Waals surface area contributed by atoms with Crippen molar-refractivity contribution in [1.29, 1.82) is 0 Å². The van der Waals surface area contributed by atoms with E-state index in [0.717, 1.165) is 19.3 Å². The van der Waals surface area contributed by atoms with Gasteiger partial charge in [0.2, 0.25) is 5.79 Å². The molecule has 29 heavy (non-hydrogen) atoms. The van der Waals surface area contributed by atoms with E-state index >= 15 is 0 Å². The standard InChI is InChI=1S/C24H45NO4/c1-2-3-4-5-6-7-8-9-10-11-12-13-14-15-16-17-20-25-23(27)29-24(22-26)19-18-21-28-24/h9-10,26H,2-8,11-22H2,1H3,(H,25,27). The highest BCUT2D eigenvalue weighted by atomic mass is 16.7. The molecule has 0 aromatic rings. The molecule has 1 heterocycles. The highest BCUT2D eigenvalue weighted by Gasteiger charge is 2.38. The molecule has 1 saturated heterocycles. The van der Waals surface area contributed by atoms with Gasteiger partial charge in [-0.3, -0.25) is 0 Å². The van der Waals surface area contributed by atoms with Crippen molar-refractivity contribution in [3.05, 3.63) is 12.2 Å². The van der Waals surface area contributed by atoms with Crippen LogP contribution in [-0.4, -0.2) is 36.7 Å². The minimum Gasteiger partial charge on any atom is -0.414 e. The lowest BCUT2D eigenvalue weighted by atomic mass is 10.1. The Morgan fingerprint density at radius 2 is 1.55 bits per heavy atom.